The van der Waals surface area contributed by atoms with Crippen LogP contribution >= 0.6 is 11.8 Å². The molecule has 0 radical (unpaired) electrons. The van der Waals surface area contributed by atoms with Gasteiger partial charge in [0.05, 0.1) is 13.7 Å². The highest BCUT2D eigenvalue weighted by Gasteiger charge is 2.23. The molecule has 0 spiro atoms. The number of aromatic nitrogens is 4. The first-order valence-corrected chi connectivity index (χ1v) is 10.5. The molecule has 154 valence electrons. The second-order valence-electron chi connectivity index (χ2n) is 6.60. The van der Waals surface area contributed by atoms with E-state index >= 15 is 0 Å². The monoisotopic (exact) mass is 422 g/mol. The van der Waals surface area contributed by atoms with Crippen molar-refractivity contribution >= 4 is 28.6 Å². The van der Waals surface area contributed by atoms with Crippen LogP contribution < -0.4 is 4.74 Å². The zero-order valence-corrected chi connectivity index (χ0v) is 17.8. The molecule has 0 amide bonds. The summed E-state index contributed by atoms with van der Waals surface area (Å²) in [5, 5.41) is 10.1. The summed E-state index contributed by atoms with van der Waals surface area (Å²) in [4.78, 5) is 15.5. The number of benzene rings is 2. The second-order valence-corrected chi connectivity index (χ2v) is 7.91. The molecule has 2 heterocycles. The largest absolute Gasteiger partial charge is 0.497 e. The molecule has 1 unspecified atom stereocenters. The number of aromatic amines is 1. The predicted octanol–water partition coefficient (Wildman–Crippen LogP) is 4.47. The number of esters is 1. The summed E-state index contributed by atoms with van der Waals surface area (Å²) in [7, 11) is 1.63. The second kappa shape index (κ2) is 8.62. The molecule has 0 saturated carbocycles. The molecule has 30 heavy (non-hydrogen) atoms. The molecular formula is C22H22N4O3S. The summed E-state index contributed by atoms with van der Waals surface area (Å²) in [5.74, 6) is 1.17. The van der Waals surface area contributed by atoms with Gasteiger partial charge in [0.1, 0.15) is 11.0 Å². The van der Waals surface area contributed by atoms with Gasteiger partial charge in [-0.25, -0.2) is 0 Å². The van der Waals surface area contributed by atoms with Crippen molar-refractivity contribution in [1.82, 2.24) is 19.7 Å². The van der Waals surface area contributed by atoms with E-state index in [1.54, 1.807) is 21.0 Å². The fourth-order valence-electron chi connectivity index (χ4n) is 3.21. The average Bonchev–Trinajstić information content (AvgIpc) is 3.38. The molecule has 1 N–H and O–H groups in total. The smallest absolute Gasteiger partial charge is 0.319 e. The summed E-state index contributed by atoms with van der Waals surface area (Å²) in [5.41, 5.74) is 2.83. The van der Waals surface area contributed by atoms with Gasteiger partial charge in [-0.05, 0) is 44.2 Å². The Balaban J connectivity index is 1.82. The third-order valence-corrected chi connectivity index (χ3v) is 5.72. The van der Waals surface area contributed by atoms with E-state index in [-0.39, 0.29) is 5.97 Å². The zero-order chi connectivity index (χ0) is 21.1. The number of rotatable bonds is 7. The maximum absolute atomic E-state index is 12.2. The molecule has 0 aliphatic rings. The number of methoxy groups -OCH3 is 1. The van der Waals surface area contributed by atoms with Crippen molar-refractivity contribution in [3.8, 4) is 22.8 Å². The van der Waals surface area contributed by atoms with Crippen molar-refractivity contribution < 1.29 is 14.3 Å². The predicted molar refractivity (Wildman–Crippen MR) is 117 cm³/mol. The van der Waals surface area contributed by atoms with Gasteiger partial charge >= 0.3 is 5.97 Å². The topological polar surface area (TPSA) is 82.0 Å². The van der Waals surface area contributed by atoms with Crippen LogP contribution in [0.2, 0.25) is 0 Å². The first-order valence-electron chi connectivity index (χ1n) is 9.62. The van der Waals surface area contributed by atoms with Crippen LogP contribution in [0.5, 0.6) is 5.75 Å². The van der Waals surface area contributed by atoms with Crippen molar-refractivity contribution in [3.05, 3.63) is 54.7 Å². The highest BCUT2D eigenvalue weighted by Crippen LogP contribution is 2.34. The van der Waals surface area contributed by atoms with Gasteiger partial charge in [0.2, 0.25) is 0 Å². The average molecular weight is 423 g/mol. The van der Waals surface area contributed by atoms with Crippen LogP contribution in [0.1, 0.15) is 13.8 Å². The lowest BCUT2D eigenvalue weighted by molar-refractivity contribution is -0.142. The molecule has 2 aromatic carbocycles. The van der Waals surface area contributed by atoms with Crippen LogP contribution in [0.25, 0.3) is 28.0 Å². The number of ether oxygens (including phenoxy) is 2. The van der Waals surface area contributed by atoms with Gasteiger partial charge < -0.3 is 14.5 Å². The molecular weight excluding hydrogens is 400 g/mol. The maximum atomic E-state index is 12.2. The number of fused-ring (bicyclic) bond motifs is 1. The zero-order valence-electron chi connectivity index (χ0n) is 17.0. The minimum atomic E-state index is -0.415. The van der Waals surface area contributed by atoms with Gasteiger partial charge in [-0.2, -0.15) is 0 Å². The van der Waals surface area contributed by atoms with Crippen molar-refractivity contribution in [2.45, 2.75) is 24.3 Å². The van der Waals surface area contributed by atoms with E-state index in [1.165, 1.54) is 11.8 Å². The lowest BCUT2D eigenvalue weighted by Crippen LogP contribution is -2.17. The normalized spacial score (nSPS) is 12.1. The summed E-state index contributed by atoms with van der Waals surface area (Å²) >= 11 is 1.32. The molecule has 0 bridgehead atoms. The third kappa shape index (κ3) is 3.78. The lowest BCUT2D eigenvalue weighted by Gasteiger charge is -2.13. The van der Waals surface area contributed by atoms with Crippen LogP contribution in [0.3, 0.4) is 0 Å². The fourth-order valence-corrected chi connectivity index (χ4v) is 4.07. The molecule has 0 fully saturated rings. The number of nitrogens with one attached hydrogen (secondary N) is 1. The molecule has 8 heteroatoms. The molecule has 7 nitrogen and oxygen atoms in total. The Labute approximate surface area is 178 Å². The Morgan fingerprint density at radius 3 is 2.67 bits per heavy atom. The van der Waals surface area contributed by atoms with Crippen molar-refractivity contribution in [1.29, 1.82) is 0 Å². The number of hydrogen-bond donors (Lipinski definition) is 1. The third-order valence-electron chi connectivity index (χ3n) is 4.69. The number of carbonyl (C=O) groups is 1. The Bertz CT molecular complexity index is 1170. The van der Waals surface area contributed by atoms with E-state index in [4.69, 9.17) is 9.47 Å². The first-order chi connectivity index (χ1) is 14.6. The van der Waals surface area contributed by atoms with E-state index in [2.05, 4.69) is 15.2 Å². The van der Waals surface area contributed by atoms with Gasteiger partial charge in [0, 0.05) is 28.4 Å². The summed E-state index contributed by atoms with van der Waals surface area (Å²) < 4.78 is 12.4. The Morgan fingerprint density at radius 2 is 1.93 bits per heavy atom. The number of thioether (sulfide) groups is 1. The summed E-state index contributed by atoms with van der Waals surface area (Å²) in [6, 6.07) is 15.7. The fraction of sp³-hybridized carbons (Fsp3) is 0.227. The standard InChI is InChI=1S/C22H22N4O3S/c1-4-29-21(27)14(2)30-22-25-24-20(18-13-23-19-8-6-5-7-17(18)19)26(22)15-9-11-16(28-3)12-10-15/h5-14,23H,4H2,1-3H3. The van der Waals surface area contributed by atoms with Crippen LogP contribution in [0.15, 0.2) is 59.9 Å². The summed E-state index contributed by atoms with van der Waals surface area (Å²) in [6.07, 6.45) is 1.93. The number of nitrogens with zero attached hydrogens (tertiary/aromatic N) is 3. The van der Waals surface area contributed by atoms with Crippen molar-refractivity contribution in [2.24, 2.45) is 0 Å². The van der Waals surface area contributed by atoms with E-state index in [9.17, 15) is 4.79 Å². The number of para-hydroxylation sites is 1. The van der Waals surface area contributed by atoms with Crippen LogP contribution in [-0.2, 0) is 9.53 Å². The van der Waals surface area contributed by atoms with Crippen LogP contribution in [0.4, 0.5) is 0 Å². The highest BCUT2D eigenvalue weighted by atomic mass is 32.2. The molecule has 0 saturated heterocycles. The van der Waals surface area contributed by atoms with E-state index in [0.717, 1.165) is 27.9 Å². The van der Waals surface area contributed by atoms with Gasteiger partial charge in [-0.15, -0.1) is 10.2 Å². The van der Waals surface area contributed by atoms with Crippen molar-refractivity contribution in [2.75, 3.05) is 13.7 Å². The maximum Gasteiger partial charge on any atom is 0.319 e. The molecule has 1 atom stereocenters. The molecule has 4 rings (SSSR count). The molecule has 0 aliphatic heterocycles. The van der Waals surface area contributed by atoms with E-state index in [1.807, 2.05) is 59.3 Å². The van der Waals surface area contributed by atoms with Crippen LogP contribution in [0, 0.1) is 0 Å². The van der Waals surface area contributed by atoms with Gasteiger partial charge in [-0.1, -0.05) is 30.0 Å². The van der Waals surface area contributed by atoms with E-state index in [0.29, 0.717) is 17.6 Å². The first kappa shape index (κ1) is 20.0. The Kier molecular flexibility index (Phi) is 5.76. The molecule has 0 aliphatic carbocycles. The Hall–Kier alpha value is -3.26. The van der Waals surface area contributed by atoms with Gasteiger partial charge in [-0.3, -0.25) is 9.36 Å². The van der Waals surface area contributed by atoms with Crippen LogP contribution in [-0.4, -0.2) is 44.7 Å². The van der Waals surface area contributed by atoms with E-state index < -0.39 is 5.25 Å². The highest BCUT2D eigenvalue weighted by molar-refractivity contribution is 8.00. The van der Waals surface area contributed by atoms with Gasteiger partial charge in [0.25, 0.3) is 0 Å². The molecule has 2 aromatic heterocycles. The minimum absolute atomic E-state index is 0.277. The number of H-pyrrole nitrogens is 1. The SMILES string of the molecule is CCOC(=O)C(C)Sc1nnc(-c2c[nH]c3ccccc23)n1-c1ccc(OC)cc1. The lowest BCUT2D eigenvalue weighted by atomic mass is 10.1. The minimum Gasteiger partial charge on any atom is -0.497 e. The van der Waals surface area contributed by atoms with Gasteiger partial charge in [0.15, 0.2) is 11.0 Å². The molecule has 4 aromatic rings. The Morgan fingerprint density at radius 1 is 1.17 bits per heavy atom. The quantitative estimate of drug-likeness (QED) is 0.350. The number of hydrogen-bond acceptors (Lipinski definition) is 6. The van der Waals surface area contributed by atoms with Crippen molar-refractivity contribution in [3.63, 3.8) is 0 Å². The summed E-state index contributed by atoms with van der Waals surface area (Å²) in [6.45, 7) is 3.95. The number of carbonyl (C=O) groups excluding carboxylic acids is 1.